The summed E-state index contributed by atoms with van der Waals surface area (Å²) in [5, 5.41) is 11.1. The molecule has 0 saturated heterocycles. The molecule has 13 heavy (non-hydrogen) atoms. The zero-order valence-corrected chi connectivity index (χ0v) is 8.37. The minimum absolute atomic E-state index is 0.0169. The molecule has 2 nitrogen and oxygen atoms in total. The SMILES string of the molecule is C=[N+]([O-])c1ccccc1C(C)(C)C. The maximum absolute atomic E-state index is 11.1. The van der Waals surface area contributed by atoms with Gasteiger partial charge < -0.3 is 5.21 Å². The summed E-state index contributed by atoms with van der Waals surface area (Å²) >= 11 is 0. The van der Waals surface area contributed by atoms with E-state index in [1.165, 1.54) is 0 Å². The van der Waals surface area contributed by atoms with Gasteiger partial charge in [-0.25, -0.2) is 0 Å². The van der Waals surface area contributed by atoms with Crippen molar-refractivity contribution in [3.63, 3.8) is 0 Å². The van der Waals surface area contributed by atoms with Crippen molar-refractivity contribution in [2.24, 2.45) is 0 Å². The number of rotatable bonds is 1. The van der Waals surface area contributed by atoms with E-state index in [0.29, 0.717) is 10.4 Å². The molecule has 0 atom stereocenters. The van der Waals surface area contributed by atoms with Gasteiger partial charge in [-0.15, -0.1) is 0 Å². The summed E-state index contributed by atoms with van der Waals surface area (Å²) in [5.74, 6) is 0. The van der Waals surface area contributed by atoms with Crippen LogP contribution in [0.15, 0.2) is 24.3 Å². The van der Waals surface area contributed by atoms with E-state index in [1.54, 1.807) is 6.07 Å². The topological polar surface area (TPSA) is 26.1 Å². The molecule has 1 aromatic carbocycles. The molecule has 0 N–H and O–H groups in total. The Morgan fingerprint density at radius 3 is 2.15 bits per heavy atom. The average Bonchev–Trinajstić information content (AvgIpc) is 2.03. The monoisotopic (exact) mass is 177 g/mol. The van der Waals surface area contributed by atoms with Gasteiger partial charge in [-0.2, -0.15) is 4.74 Å². The summed E-state index contributed by atoms with van der Waals surface area (Å²) in [6.45, 7) is 9.60. The summed E-state index contributed by atoms with van der Waals surface area (Å²) in [5.41, 5.74) is 1.66. The molecule has 0 radical (unpaired) electrons. The van der Waals surface area contributed by atoms with Crippen molar-refractivity contribution in [1.29, 1.82) is 0 Å². The summed E-state index contributed by atoms with van der Waals surface area (Å²) in [4.78, 5) is 0. The van der Waals surface area contributed by atoms with Crippen LogP contribution in [0, 0.1) is 5.21 Å². The van der Waals surface area contributed by atoms with E-state index in [-0.39, 0.29) is 5.41 Å². The highest BCUT2D eigenvalue weighted by atomic mass is 16.5. The second-order valence-corrected chi connectivity index (χ2v) is 4.15. The number of benzene rings is 1. The van der Waals surface area contributed by atoms with E-state index in [0.717, 1.165) is 5.56 Å². The minimum atomic E-state index is -0.0169. The molecule has 0 heterocycles. The molecule has 0 aliphatic carbocycles. The highest BCUT2D eigenvalue weighted by Gasteiger charge is 2.20. The van der Waals surface area contributed by atoms with Crippen LogP contribution in [0.25, 0.3) is 0 Å². The number of nitrogens with zero attached hydrogens (tertiary/aromatic N) is 1. The highest BCUT2D eigenvalue weighted by Crippen LogP contribution is 2.30. The van der Waals surface area contributed by atoms with Gasteiger partial charge in [-0.3, -0.25) is 0 Å². The Labute approximate surface area is 79.1 Å². The van der Waals surface area contributed by atoms with Crippen molar-refractivity contribution in [1.82, 2.24) is 0 Å². The van der Waals surface area contributed by atoms with Crippen molar-refractivity contribution in [2.45, 2.75) is 26.2 Å². The van der Waals surface area contributed by atoms with E-state index in [2.05, 4.69) is 27.5 Å². The predicted molar refractivity (Wildman–Crippen MR) is 55.6 cm³/mol. The van der Waals surface area contributed by atoms with Gasteiger partial charge in [0.25, 0.3) is 0 Å². The molecule has 0 amide bonds. The smallest absolute Gasteiger partial charge is 0.219 e. The van der Waals surface area contributed by atoms with E-state index in [4.69, 9.17) is 0 Å². The molecule has 70 valence electrons. The Hall–Kier alpha value is -1.31. The molecule has 0 aliphatic heterocycles. The van der Waals surface area contributed by atoms with Gasteiger partial charge in [0.15, 0.2) is 0 Å². The third-order valence-electron chi connectivity index (χ3n) is 1.98. The summed E-state index contributed by atoms with van der Waals surface area (Å²) in [7, 11) is 0. The van der Waals surface area contributed by atoms with Crippen LogP contribution in [0.1, 0.15) is 26.3 Å². The average molecular weight is 177 g/mol. The van der Waals surface area contributed by atoms with E-state index < -0.39 is 0 Å². The molecule has 0 unspecified atom stereocenters. The van der Waals surface area contributed by atoms with Crippen LogP contribution >= 0.6 is 0 Å². The number of para-hydroxylation sites is 1. The van der Waals surface area contributed by atoms with Crippen molar-refractivity contribution in [2.75, 3.05) is 0 Å². The van der Waals surface area contributed by atoms with Crippen molar-refractivity contribution >= 4 is 12.4 Å². The third-order valence-corrected chi connectivity index (χ3v) is 1.98. The lowest BCUT2D eigenvalue weighted by Gasteiger charge is -2.20. The molecule has 2 heteroatoms. The van der Waals surface area contributed by atoms with Gasteiger partial charge in [-0.05, 0) is 5.41 Å². The first-order chi connectivity index (χ1) is 5.93. The molecule has 0 fully saturated rings. The molecule has 0 saturated carbocycles. The van der Waals surface area contributed by atoms with E-state index >= 15 is 0 Å². The molecule has 1 aromatic rings. The van der Waals surface area contributed by atoms with Gasteiger partial charge in [0.1, 0.15) is 6.72 Å². The van der Waals surface area contributed by atoms with Gasteiger partial charge in [0.2, 0.25) is 5.69 Å². The molecule has 1 rings (SSSR count). The first-order valence-corrected chi connectivity index (χ1v) is 4.30. The van der Waals surface area contributed by atoms with Crippen molar-refractivity contribution < 1.29 is 4.74 Å². The Morgan fingerprint density at radius 2 is 1.77 bits per heavy atom. The fraction of sp³-hybridized carbons (Fsp3) is 0.364. The summed E-state index contributed by atoms with van der Waals surface area (Å²) in [6, 6.07) is 7.54. The molecule has 0 bridgehead atoms. The van der Waals surface area contributed by atoms with E-state index in [1.807, 2.05) is 18.2 Å². The first-order valence-electron chi connectivity index (χ1n) is 4.30. The lowest BCUT2D eigenvalue weighted by Crippen LogP contribution is -2.13. The number of hydrogen-bond donors (Lipinski definition) is 0. The van der Waals surface area contributed by atoms with Gasteiger partial charge in [-0.1, -0.05) is 39.0 Å². The maximum Gasteiger partial charge on any atom is 0.219 e. The van der Waals surface area contributed by atoms with Gasteiger partial charge in [0, 0.05) is 11.6 Å². The zero-order valence-electron chi connectivity index (χ0n) is 8.37. The van der Waals surface area contributed by atoms with Crippen LogP contribution in [0.5, 0.6) is 0 Å². The quantitative estimate of drug-likeness (QED) is 0.280. The predicted octanol–water partition coefficient (Wildman–Crippen LogP) is 2.83. The molecule has 0 aromatic heterocycles. The summed E-state index contributed by atoms with van der Waals surface area (Å²) in [6.07, 6.45) is 0. The minimum Gasteiger partial charge on any atom is -0.619 e. The Bertz CT molecular complexity index is 323. The standard InChI is InChI=1S/C11H15NO/c1-11(2,3)9-7-5-6-8-10(9)12(4)13/h5-8H,4H2,1-3H3. The molecule has 0 spiro atoms. The molecule has 0 aliphatic rings. The van der Waals surface area contributed by atoms with Crippen LogP contribution in [0.4, 0.5) is 5.69 Å². The maximum atomic E-state index is 11.1. The Kier molecular flexibility index (Phi) is 2.41. The largest absolute Gasteiger partial charge is 0.619 e. The normalized spacial score (nSPS) is 11.3. The zero-order chi connectivity index (χ0) is 10.1. The lowest BCUT2D eigenvalue weighted by molar-refractivity contribution is -0.351. The van der Waals surface area contributed by atoms with Crippen LogP contribution in [0.3, 0.4) is 0 Å². The fourth-order valence-electron chi connectivity index (χ4n) is 1.33. The van der Waals surface area contributed by atoms with Crippen LogP contribution in [-0.4, -0.2) is 11.5 Å². The molecular formula is C11H15NO. The molecular weight excluding hydrogens is 162 g/mol. The lowest BCUT2D eigenvalue weighted by atomic mass is 9.86. The van der Waals surface area contributed by atoms with Crippen molar-refractivity contribution in [3.8, 4) is 0 Å². The van der Waals surface area contributed by atoms with Gasteiger partial charge in [0.05, 0.1) is 0 Å². The summed E-state index contributed by atoms with van der Waals surface area (Å²) < 4.78 is 0.667. The third kappa shape index (κ3) is 2.08. The van der Waals surface area contributed by atoms with Crippen LogP contribution < -0.4 is 0 Å². The Morgan fingerprint density at radius 1 is 1.23 bits per heavy atom. The van der Waals surface area contributed by atoms with Crippen LogP contribution in [-0.2, 0) is 5.41 Å². The number of hydrogen-bond acceptors (Lipinski definition) is 1. The first kappa shape index (κ1) is 9.78. The van der Waals surface area contributed by atoms with Crippen molar-refractivity contribution in [3.05, 3.63) is 35.0 Å². The fourth-order valence-corrected chi connectivity index (χ4v) is 1.33. The second-order valence-electron chi connectivity index (χ2n) is 4.15. The van der Waals surface area contributed by atoms with Gasteiger partial charge >= 0.3 is 0 Å². The second kappa shape index (κ2) is 3.21. The van der Waals surface area contributed by atoms with E-state index in [9.17, 15) is 5.21 Å². The Balaban J connectivity index is 3.28. The van der Waals surface area contributed by atoms with Crippen LogP contribution in [0.2, 0.25) is 0 Å². The highest BCUT2D eigenvalue weighted by molar-refractivity contribution is 5.46.